The second-order valence-corrected chi connectivity index (χ2v) is 11.9. The zero-order chi connectivity index (χ0) is 27.1. The fourth-order valence-corrected chi connectivity index (χ4v) is 6.55. The van der Waals surface area contributed by atoms with Gasteiger partial charge in [0.25, 0.3) is 0 Å². The van der Waals surface area contributed by atoms with Crippen molar-refractivity contribution in [3.8, 4) is 0 Å². The first kappa shape index (κ1) is 29.1. The van der Waals surface area contributed by atoms with Crippen molar-refractivity contribution < 1.29 is 19.4 Å². The molecule has 0 heterocycles. The van der Waals surface area contributed by atoms with Gasteiger partial charge in [0.1, 0.15) is 12.2 Å². The van der Waals surface area contributed by atoms with Crippen LogP contribution in [0.2, 0.25) is 0 Å². The summed E-state index contributed by atoms with van der Waals surface area (Å²) in [5.41, 5.74) is 1.96. The number of carbonyl (C=O) groups is 1. The molecule has 39 heavy (non-hydrogen) atoms. The number of thioether (sulfide) groups is 2. The fraction of sp³-hybridized carbons (Fsp3) is 0.242. The Morgan fingerprint density at radius 1 is 0.667 bits per heavy atom. The third-order valence-corrected chi connectivity index (χ3v) is 8.65. The zero-order valence-corrected chi connectivity index (χ0v) is 23.4. The number of ketones is 1. The van der Waals surface area contributed by atoms with Crippen LogP contribution >= 0.6 is 23.5 Å². The van der Waals surface area contributed by atoms with Crippen LogP contribution in [-0.4, -0.2) is 34.3 Å². The van der Waals surface area contributed by atoms with Gasteiger partial charge in [0, 0.05) is 16.2 Å². The molecule has 4 nitrogen and oxygen atoms in total. The van der Waals surface area contributed by atoms with E-state index in [4.69, 9.17) is 9.47 Å². The highest BCUT2D eigenvalue weighted by atomic mass is 32.2. The predicted octanol–water partition coefficient (Wildman–Crippen LogP) is 7.41. The summed E-state index contributed by atoms with van der Waals surface area (Å²) in [6.07, 6.45) is -1.10. The fourth-order valence-electron chi connectivity index (χ4n) is 3.98. The van der Waals surface area contributed by atoms with Crippen LogP contribution in [0.4, 0.5) is 0 Å². The maximum Gasteiger partial charge on any atom is 0.164 e. The molecule has 4 aromatic rings. The van der Waals surface area contributed by atoms with Gasteiger partial charge in [0.2, 0.25) is 0 Å². The van der Waals surface area contributed by atoms with E-state index >= 15 is 0 Å². The van der Waals surface area contributed by atoms with Crippen molar-refractivity contribution in [1.29, 1.82) is 0 Å². The molecule has 202 valence electrons. The first-order chi connectivity index (χ1) is 19.2. The lowest BCUT2D eigenvalue weighted by molar-refractivity contribution is -0.144. The lowest BCUT2D eigenvalue weighted by atomic mass is 10.1. The molecular formula is C33H34O4S2. The molecule has 0 bridgehead atoms. The number of aliphatic hydroxyl groups excluding tert-OH is 1. The minimum atomic E-state index is -1.06. The summed E-state index contributed by atoms with van der Waals surface area (Å²) in [4.78, 5) is 15.8. The normalized spacial score (nSPS) is 12.8. The lowest BCUT2D eigenvalue weighted by Crippen LogP contribution is -2.39. The molecule has 4 aromatic carbocycles. The maximum atomic E-state index is 13.5. The van der Waals surface area contributed by atoms with Gasteiger partial charge in [-0.15, -0.1) is 23.5 Å². The van der Waals surface area contributed by atoms with Gasteiger partial charge in [-0.05, 0) is 41.8 Å². The van der Waals surface area contributed by atoms with Crippen LogP contribution in [-0.2, 0) is 27.5 Å². The Morgan fingerprint density at radius 3 is 1.64 bits per heavy atom. The summed E-state index contributed by atoms with van der Waals surface area (Å²) in [5, 5.41) is 11.0. The van der Waals surface area contributed by atoms with E-state index in [9.17, 15) is 9.90 Å². The van der Waals surface area contributed by atoms with Gasteiger partial charge in [-0.2, -0.15) is 0 Å². The van der Waals surface area contributed by atoms with Gasteiger partial charge in [0.15, 0.2) is 5.78 Å². The number of hydrogen-bond acceptors (Lipinski definition) is 6. The van der Waals surface area contributed by atoms with Crippen molar-refractivity contribution in [2.75, 3.05) is 6.61 Å². The third-order valence-electron chi connectivity index (χ3n) is 5.99. The van der Waals surface area contributed by atoms with Crippen molar-refractivity contribution in [2.24, 2.45) is 0 Å². The Kier molecular flexibility index (Phi) is 12.2. The van der Waals surface area contributed by atoms with Crippen LogP contribution < -0.4 is 0 Å². The van der Waals surface area contributed by atoms with Gasteiger partial charge in [-0.25, -0.2) is 0 Å². The number of aliphatic hydroxyl groups is 1. The minimum absolute atomic E-state index is 0.0149. The number of ether oxygens (including phenoxy) is 2. The summed E-state index contributed by atoms with van der Waals surface area (Å²) in [6, 6.07) is 39.9. The van der Waals surface area contributed by atoms with E-state index in [0.717, 1.165) is 20.9 Å². The average molecular weight is 559 g/mol. The molecule has 4 rings (SSSR count). The Balaban J connectivity index is 1.39. The molecule has 0 aliphatic rings. The summed E-state index contributed by atoms with van der Waals surface area (Å²) in [6.45, 7) is 0.621. The predicted molar refractivity (Wildman–Crippen MR) is 160 cm³/mol. The number of rotatable bonds is 16. The second kappa shape index (κ2) is 16.3. The summed E-state index contributed by atoms with van der Waals surface area (Å²) in [5.74, 6) is -0.117. The molecule has 0 aromatic heterocycles. The highest BCUT2D eigenvalue weighted by Gasteiger charge is 2.29. The molecule has 0 radical (unpaired) electrons. The molecule has 0 aliphatic heterocycles. The van der Waals surface area contributed by atoms with Gasteiger partial charge in [-0.1, -0.05) is 97.1 Å². The zero-order valence-electron chi connectivity index (χ0n) is 21.8. The minimum Gasteiger partial charge on any atom is -0.388 e. The highest BCUT2D eigenvalue weighted by Crippen LogP contribution is 2.38. The number of benzene rings is 4. The first-order valence-electron chi connectivity index (χ1n) is 13.1. The molecule has 0 saturated carbocycles. The van der Waals surface area contributed by atoms with Gasteiger partial charge >= 0.3 is 0 Å². The van der Waals surface area contributed by atoms with Gasteiger partial charge in [0.05, 0.1) is 24.4 Å². The SMILES string of the molecule is O=C(CCC(Sc1ccccc1)Sc1ccccc1)[C@H](OCc1ccccc1)[C@H](O)COCc1ccccc1. The van der Waals surface area contributed by atoms with Gasteiger partial charge in [-0.3, -0.25) is 4.79 Å². The van der Waals surface area contributed by atoms with Crippen LogP contribution in [0.25, 0.3) is 0 Å². The summed E-state index contributed by atoms with van der Waals surface area (Å²) in [7, 11) is 0. The number of Topliss-reactive ketones (excluding diaryl/α,β-unsaturated/α-hetero) is 1. The second-order valence-electron chi connectivity index (χ2n) is 9.08. The van der Waals surface area contributed by atoms with E-state index in [1.807, 2.05) is 97.1 Å². The molecule has 6 heteroatoms. The quantitative estimate of drug-likeness (QED) is 0.114. The third kappa shape index (κ3) is 10.3. The van der Waals surface area contributed by atoms with E-state index in [2.05, 4.69) is 24.3 Å². The molecule has 0 aliphatic carbocycles. The summed E-state index contributed by atoms with van der Waals surface area (Å²) < 4.78 is 11.9. The van der Waals surface area contributed by atoms with Crippen molar-refractivity contribution in [1.82, 2.24) is 0 Å². The van der Waals surface area contributed by atoms with E-state index in [1.165, 1.54) is 0 Å². The Labute approximate surface area is 239 Å². The smallest absolute Gasteiger partial charge is 0.164 e. The number of hydrogen-bond donors (Lipinski definition) is 1. The van der Waals surface area contributed by atoms with Crippen LogP contribution in [0.15, 0.2) is 131 Å². The molecule has 1 N–H and O–H groups in total. The van der Waals surface area contributed by atoms with E-state index < -0.39 is 12.2 Å². The molecular weight excluding hydrogens is 524 g/mol. The standard InChI is InChI=1S/C33H34O4S2/c34-30(21-22-32(38-28-17-9-3-10-18-28)39-29-19-11-4-12-20-29)33(37-24-27-15-7-2-8-16-27)31(35)25-36-23-26-13-5-1-6-14-26/h1-20,31-33,35H,21-25H2/t31-,33+/m1/s1. The van der Waals surface area contributed by atoms with E-state index in [1.54, 1.807) is 23.5 Å². The first-order valence-corrected chi connectivity index (χ1v) is 14.8. The molecule has 0 fully saturated rings. The Bertz CT molecular complexity index is 1180. The van der Waals surface area contributed by atoms with Crippen molar-refractivity contribution in [2.45, 2.75) is 52.6 Å². The van der Waals surface area contributed by atoms with E-state index in [-0.39, 0.29) is 23.6 Å². The van der Waals surface area contributed by atoms with Crippen LogP contribution in [0, 0.1) is 0 Å². The Morgan fingerprint density at radius 2 is 1.13 bits per heavy atom. The maximum absolute atomic E-state index is 13.5. The summed E-state index contributed by atoms with van der Waals surface area (Å²) >= 11 is 3.50. The molecule has 0 unspecified atom stereocenters. The largest absolute Gasteiger partial charge is 0.388 e. The van der Waals surface area contributed by atoms with E-state index in [0.29, 0.717) is 19.4 Å². The van der Waals surface area contributed by atoms with Crippen molar-refractivity contribution in [3.63, 3.8) is 0 Å². The molecule has 0 amide bonds. The molecule has 0 saturated heterocycles. The Hall–Kier alpha value is -2.87. The lowest BCUT2D eigenvalue weighted by Gasteiger charge is -2.24. The monoisotopic (exact) mass is 558 g/mol. The van der Waals surface area contributed by atoms with Crippen molar-refractivity contribution >= 4 is 29.3 Å². The van der Waals surface area contributed by atoms with Crippen LogP contribution in [0.1, 0.15) is 24.0 Å². The van der Waals surface area contributed by atoms with Crippen molar-refractivity contribution in [3.05, 3.63) is 132 Å². The average Bonchev–Trinajstić information content (AvgIpc) is 2.98. The van der Waals surface area contributed by atoms with Gasteiger partial charge < -0.3 is 14.6 Å². The topological polar surface area (TPSA) is 55.8 Å². The van der Waals surface area contributed by atoms with Crippen LogP contribution in [0.3, 0.4) is 0 Å². The highest BCUT2D eigenvalue weighted by molar-refractivity contribution is 8.17. The molecule has 2 atom stereocenters. The number of carbonyl (C=O) groups excluding carboxylic acids is 1. The van der Waals surface area contributed by atoms with Crippen LogP contribution in [0.5, 0.6) is 0 Å². The molecule has 0 spiro atoms.